The molecule has 1 saturated heterocycles. The molecule has 34 heavy (non-hydrogen) atoms. The van der Waals surface area contributed by atoms with E-state index in [0.29, 0.717) is 43.1 Å². The van der Waals surface area contributed by atoms with Crippen molar-refractivity contribution in [2.45, 2.75) is 25.9 Å². The summed E-state index contributed by atoms with van der Waals surface area (Å²) in [6, 6.07) is 13.8. The van der Waals surface area contributed by atoms with E-state index in [4.69, 9.17) is 14.2 Å². The Morgan fingerprint density at radius 2 is 2.00 bits per heavy atom. The average molecular weight is 465 g/mol. The van der Waals surface area contributed by atoms with E-state index in [1.807, 2.05) is 18.2 Å². The fourth-order valence-electron chi connectivity index (χ4n) is 3.54. The van der Waals surface area contributed by atoms with Crippen molar-refractivity contribution in [3.63, 3.8) is 0 Å². The Bertz CT molecular complexity index is 1090. The zero-order chi connectivity index (χ0) is 24.5. The number of carbonyl (C=O) groups is 2. The number of carbonyl (C=O) groups excluding carboxylic acids is 2. The minimum Gasteiger partial charge on any atom is -0.508 e. The number of ether oxygens (including phenoxy) is 3. The molecular formula is C26H28N2O6. The molecule has 0 aliphatic carbocycles. The fraction of sp³-hybridized carbons (Fsp3) is 0.346. The Labute approximate surface area is 199 Å². The number of Topliss-reactive ketones (excluding diaryl/α,β-unsaturated/α-hetero) is 1. The number of hydrogen-bond acceptors (Lipinski definition) is 7. The summed E-state index contributed by atoms with van der Waals surface area (Å²) in [5.74, 6) is 0.974. The van der Waals surface area contributed by atoms with E-state index in [0.717, 1.165) is 5.56 Å². The summed E-state index contributed by atoms with van der Waals surface area (Å²) in [6.45, 7) is 2.76. The molecule has 8 nitrogen and oxygen atoms in total. The Kier molecular flexibility index (Phi) is 8.66. The lowest BCUT2D eigenvalue weighted by atomic mass is 10.1. The van der Waals surface area contributed by atoms with Crippen LogP contribution in [0.15, 0.2) is 48.0 Å². The predicted octanol–water partition coefficient (Wildman–Crippen LogP) is 3.14. The number of nitriles is 1. The third-order valence-corrected chi connectivity index (χ3v) is 5.40. The van der Waals surface area contributed by atoms with Gasteiger partial charge < -0.3 is 29.0 Å². The Balaban J connectivity index is 1.61. The van der Waals surface area contributed by atoms with Crippen molar-refractivity contribution in [1.82, 2.24) is 4.90 Å². The molecule has 8 heteroatoms. The Morgan fingerprint density at radius 3 is 2.68 bits per heavy atom. The maximum atomic E-state index is 12.9. The summed E-state index contributed by atoms with van der Waals surface area (Å²) >= 11 is 0. The average Bonchev–Trinajstić information content (AvgIpc) is 2.85. The van der Waals surface area contributed by atoms with E-state index in [1.54, 1.807) is 37.1 Å². The topological polar surface area (TPSA) is 109 Å². The van der Waals surface area contributed by atoms with E-state index in [9.17, 15) is 20.0 Å². The van der Waals surface area contributed by atoms with Gasteiger partial charge in [0.25, 0.3) is 5.91 Å². The standard InChI is InChI=1S/C26H28N2O6/c1-18(29)3-4-20-7-10-24(25(14-20)32-2)34-17-23-16-28(11-12-33-23)26(31)21(15-27)13-19-5-8-22(30)9-6-19/h5-10,13-14,23,30H,3-4,11-12,16-17H2,1-2H3. The highest BCUT2D eigenvalue weighted by Crippen LogP contribution is 2.29. The van der Waals surface area contributed by atoms with Gasteiger partial charge in [0.05, 0.1) is 20.3 Å². The van der Waals surface area contributed by atoms with Crippen LogP contribution in [0, 0.1) is 11.3 Å². The molecular weight excluding hydrogens is 436 g/mol. The SMILES string of the molecule is COc1cc(CCC(C)=O)ccc1OCC1CN(C(=O)C(C#N)=Cc2ccc(O)cc2)CCO1. The molecule has 1 N–H and O–H groups in total. The molecule has 3 rings (SSSR count). The fourth-order valence-corrected chi connectivity index (χ4v) is 3.54. The highest BCUT2D eigenvalue weighted by atomic mass is 16.5. The number of benzene rings is 2. The first-order valence-corrected chi connectivity index (χ1v) is 11.0. The monoisotopic (exact) mass is 464 g/mol. The first kappa shape index (κ1) is 24.8. The molecule has 0 spiro atoms. The summed E-state index contributed by atoms with van der Waals surface area (Å²) in [4.78, 5) is 25.7. The lowest BCUT2D eigenvalue weighted by Crippen LogP contribution is -2.48. The van der Waals surface area contributed by atoms with Crippen LogP contribution in [0.5, 0.6) is 17.2 Å². The van der Waals surface area contributed by atoms with E-state index >= 15 is 0 Å². The Morgan fingerprint density at radius 1 is 1.24 bits per heavy atom. The molecule has 1 amide bonds. The zero-order valence-corrected chi connectivity index (χ0v) is 19.3. The third kappa shape index (κ3) is 6.83. The lowest BCUT2D eigenvalue weighted by molar-refractivity contribution is -0.135. The van der Waals surface area contributed by atoms with E-state index in [1.165, 1.54) is 18.2 Å². The molecule has 1 aliphatic rings. The third-order valence-electron chi connectivity index (χ3n) is 5.40. The van der Waals surface area contributed by atoms with Gasteiger partial charge in [0, 0.05) is 13.0 Å². The van der Waals surface area contributed by atoms with Gasteiger partial charge in [0.15, 0.2) is 11.5 Å². The molecule has 1 unspecified atom stereocenters. The highest BCUT2D eigenvalue weighted by Gasteiger charge is 2.27. The molecule has 0 saturated carbocycles. The highest BCUT2D eigenvalue weighted by molar-refractivity contribution is 6.01. The molecule has 1 heterocycles. The number of phenolic OH excluding ortho intramolecular Hbond substituents is 1. The van der Waals surface area contributed by atoms with Crippen molar-refractivity contribution < 1.29 is 28.9 Å². The number of rotatable bonds is 9. The van der Waals surface area contributed by atoms with Crippen molar-refractivity contribution in [3.05, 3.63) is 59.2 Å². The second kappa shape index (κ2) is 11.9. The molecule has 178 valence electrons. The minimum absolute atomic E-state index is 0.00933. The largest absolute Gasteiger partial charge is 0.508 e. The zero-order valence-electron chi connectivity index (χ0n) is 19.3. The van der Waals surface area contributed by atoms with Crippen LogP contribution in [0.4, 0.5) is 0 Å². The predicted molar refractivity (Wildman–Crippen MR) is 126 cm³/mol. The van der Waals surface area contributed by atoms with Crippen molar-refractivity contribution >= 4 is 17.8 Å². The van der Waals surface area contributed by atoms with Crippen molar-refractivity contribution in [1.29, 1.82) is 5.26 Å². The molecule has 0 radical (unpaired) electrons. The van der Waals surface area contributed by atoms with Crippen molar-refractivity contribution in [3.8, 4) is 23.3 Å². The van der Waals surface area contributed by atoms with Gasteiger partial charge in [-0.25, -0.2) is 0 Å². The van der Waals surface area contributed by atoms with Crippen molar-refractivity contribution in [2.75, 3.05) is 33.4 Å². The smallest absolute Gasteiger partial charge is 0.264 e. The molecule has 2 aromatic carbocycles. The number of morpholine rings is 1. The van der Waals surface area contributed by atoms with Gasteiger partial charge in [-0.15, -0.1) is 0 Å². The maximum absolute atomic E-state index is 12.9. The number of phenols is 1. The summed E-state index contributed by atoms with van der Waals surface area (Å²) in [6.07, 6.45) is 2.23. The van der Waals surface area contributed by atoms with Gasteiger partial charge in [-0.1, -0.05) is 18.2 Å². The van der Waals surface area contributed by atoms with E-state index < -0.39 is 0 Å². The van der Waals surface area contributed by atoms with Crippen LogP contribution in [0.25, 0.3) is 6.08 Å². The summed E-state index contributed by atoms with van der Waals surface area (Å²) in [5, 5.41) is 18.9. The molecule has 2 aromatic rings. The minimum atomic E-state index is -0.378. The first-order chi connectivity index (χ1) is 16.4. The van der Waals surface area contributed by atoms with Gasteiger partial charge in [0.2, 0.25) is 0 Å². The Hall–Kier alpha value is -3.83. The number of aryl methyl sites for hydroxylation is 1. The molecule has 1 atom stereocenters. The number of nitrogens with zero attached hydrogens (tertiary/aromatic N) is 2. The summed E-state index contributed by atoms with van der Waals surface area (Å²) in [5.41, 5.74) is 1.64. The lowest BCUT2D eigenvalue weighted by Gasteiger charge is -2.32. The van der Waals surface area contributed by atoms with Gasteiger partial charge >= 0.3 is 0 Å². The second-order valence-corrected chi connectivity index (χ2v) is 8.00. The van der Waals surface area contributed by atoms with E-state index in [-0.39, 0.29) is 42.3 Å². The quantitative estimate of drug-likeness (QED) is 0.449. The molecule has 1 fully saturated rings. The van der Waals surface area contributed by atoms with E-state index in [2.05, 4.69) is 0 Å². The number of methoxy groups -OCH3 is 1. The van der Waals surface area contributed by atoms with Crippen LogP contribution in [0.2, 0.25) is 0 Å². The van der Waals surface area contributed by atoms with Gasteiger partial charge in [-0.3, -0.25) is 4.79 Å². The van der Waals surface area contributed by atoms with Gasteiger partial charge in [-0.2, -0.15) is 5.26 Å². The summed E-state index contributed by atoms with van der Waals surface area (Å²) < 4.78 is 17.1. The first-order valence-electron chi connectivity index (χ1n) is 11.0. The van der Waals surface area contributed by atoms with Gasteiger partial charge in [-0.05, 0) is 54.8 Å². The number of amides is 1. The van der Waals surface area contributed by atoms with Gasteiger partial charge in [0.1, 0.15) is 35.9 Å². The van der Waals surface area contributed by atoms with Crippen molar-refractivity contribution in [2.24, 2.45) is 0 Å². The van der Waals surface area contributed by atoms with Crippen LogP contribution in [0.1, 0.15) is 24.5 Å². The normalized spacial score (nSPS) is 16.0. The maximum Gasteiger partial charge on any atom is 0.264 e. The molecule has 0 bridgehead atoms. The molecule has 0 aromatic heterocycles. The van der Waals surface area contributed by atoms with Crippen LogP contribution < -0.4 is 9.47 Å². The van der Waals surface area contributed by atoms with Crippen LogP contribution in [-0.4, -0.2) is 61.2 Å². The number of ketones is 1. The van der Waals surface area contributed by atoms with Crippen LogP contribution in [0.3, 0.4) is 0 Å². The number of hydrogen-bond donors (Lipinski definition) is 1. The second-order valence-electron chi connectivity index (χ2n) is 8.00. The molecule has 1 aliphatic heterocycles. The van der Waals surface area contributed by atoms with Crippen LogP contribution >= 0.6 is 0 Å². The van der Waals surface area contributed by atoms with Crippen LogP contribution in [-0.2, 0) is 20.7 Å². The summed E-state index contributed by atoms with van der Waals surface area (Å²) in [7, 11) is 1.55. The number of aromatic hydroxyl groups is 1.